The summed E-state index contributed by atoms with van der Waals surface area (Å²) in [5.41, 5.74) is 0. The Balaban J connectivity index is 1.53. The highest BCUT2D eigenvalue weighted by Gasteiger charge is 2.20. The maximum Gasteiger partial charge on any atom is 0.314 e. The van der Waals surface area contributed by atoms with E-state index in [1.54, 1.807) is 0 Å². The van der Waals surface area contributed by atoms with Gasteiger partial charge in [0.05, 0.1) is 0 Å². The maximum atomic E-state index is 11.9. The third kappa shape index (κ3) is 6.13. The number of carbonyl (C=O) groups excluding carboxylic acids is 1. The number of nitrogens with zero attached hydrogens (tertiary/aromatic N) is 2. The number of hydrogen-bond acceptors (Lipinski definition) is 3. The van der Waals surface area contributed by atoms with E-state index in [0.717, 1.165) is 25.6 Å². The molecule has 0 bridgehead atoms. The van der Waals surface area contributed by atoms with Gasteiger partial charge in [-0.2, -0.15) is 0 Å². The van der Waals surface area contributed by atoms with Crippen LogP contribution in [0, 0.1) is 5.92 Å². The zero-order valence-corrected chi connectivity index (χ0v) is 14.4. The largest absolute Gasteiger partial charge is 0.337 e. The first kappa shape index (κ1) is 17.5. The summed E-state index contributed by atoms with van der Waals surface area (Å²) in [4.78, 5) is 16.8. The second kappa shape index (κ2) is 9.36. The van der Waals surface area contributed by atoms with Crippen molar-refractivity contribution in [2.45, 2.75) is 52.0 Å². The summed E-state index contributed by atoms with van der Waals surface area (Å²) >= 11 is 0. The molecule has 2 rings (SSSR count). The van der Waals surface area contributed by atoms with Gasteiger partial charge in [0.2, 0.25) is 0 Å². The van der Waals surface area contributed by atoms with Crippen LogP contribution in [0.25, 0.3) is 0 Å². The van der Waals surface area contributed by atoms with E-state index >= 15 is 0 Å². The van der Waals surface area contributed by atoms with E-state index in [2.05, 4.69) is 34.3 Å². The fourth-order valence-electron chi connectivity index (χ4n) is 3.41. The van der Waals surface area contributed by atoms with Crippen LogP contribution in [0.15, 0.2) is 0 Å². The SMILES string of the molecule is CC1CCN(C(C)CNC(=O)NCCN2CCCCC2)CC1. The van der Waals surface area contributed by atoms with Gasteiger partial charge in [-0.15, -0.1) is 0 Å². The van der Waals surface area contributed by atoms with Gasteiger partial charge in [-0.25, -0.2) is 4.79 Å². The predicted octanol–water partition coefficient (Wildman–Crippen LogP) is 1.89. The molecule has 0 aromatic rings. The molecule has 0 spiro atoms. The highest BCUT2D eigenvalue weighted by atomic mass is 16.2. The van der Waals surface area contributed by atoms with Crippen LogP contribution in [0.3, 0.4) is 0 Å². The van der Waals surface area contributed by atoms with Crippen molar-refractivity contribution < 1.29 is 4.79 Å². The molecule has 2 saturated heterocycles. The summed E-state index contributed by atoms with van der Waals surface area (Å²) in [6.45, 7) is 11.7. The second-order valence-electron chi connectivity index (χ2n) is 7.11. The number of urea groups is 1. The quantitative estimate of drug-likeness (QED) is 0.788. The number of piperidine rings is 2. The van der Waals surface area contributed by atoms with Crippen LogP contribution >= 0.6 is 0 Å². The zero-order valence-electron chi connectivity index (χ0n) is 14.4. The lowest BCUT2D eigenvalue weighted by Crippen LogP contribution is -2.48. The molecule has 0 saturated carbocycles. The van der Waals surface area contributed by atoms with Crippen molar-refractivity contribution in [3.8, 4) is 0 Å². The number of hydrogen-bond donors (Lipinski definition) is 2. The Kier molecular flexibility index (Phi) is 7.46. The van der Waals surface area contributed by atoms with Gasteiger partial charge in [0.1, 0.15) is 0 Å². The maximum absolute atomic E-state index is 11.9. The van der Waals surface area contributed by atoms with Crippen LogP contribution in [-0.4, -0.2) is 67.7 Å². The van der Waals surface area contributed by atoms with Crippen molar-refractivity contribution in [1.29, 1.82) is 0 Å². The van der Waals surface area contributed by atoms with Crippen LogP contribution in [0.4, 0.5) is 4.79 Å². The average molecular weight is 310 g/mol. The van der Waals surface area contributed by atoms with E-state index < -0.39 is 0 Å². The summed E-state index contributed by atoms with van der Waals surface area (Å²) in [6.07, 6.45) is 6.53. The molecule has 2 fully saturated rings. The molecular weight excluding hydrogens is 276 g/mol. The first-order valence-electron chi connectivity index (χ1n) is 9.13. The summed E-state index contributed by atoms with van der Waals surface area (Å²) < 4.78 is 0. The molecule has 1 unspecified atom stereocenters. The molecule has 2 heterocycles. The molecule has 2 amide bonds. The van der Waals surface area contributed by atoms with Crippen molar-refractivity contribution >= 4 is 6.03 Å². The molecule has 1 atom stereocenters. The van der Waals surface area contributed by atoms with Crippen molar-refractivity contribution in [2.75, 3.05) is 45.8 Å². The molecule has 0 aliphatic carbocycles. The summed E-state index contributed by atoms with van der Waals surface area (Å²) in [5.74, 6) is 0.856. The lowest BCUT2D eigenvalue weighted by Gasteiger charge is -2.35. The summed E-state index contributed by atoms with van der Waals surface area (Å²) in [5, 5.41) is 6.00. The molecule has 128 valence electrons. The molecule has 0 aromatic carbocycles. The Morgan fingerprint density at radius 1 is 1.09 bits per heavy atom. The minimum absolute atomic E-state index is 0.0192. The fraction of sp³-hybridized carbons (Fsp3) is 0.941. The molecule has 2 N–H and O–H groups in total. The van der Waals surface area contributed by atoms with Gasteiger partial charge in [-0.3, -0.25) is 4.90 Å². The fourth-order valence-corrected chi connectivity index (χ4v) is 3.41. The van der Waals surface area contributed by atoms with Crippen LogP contribution in [-0.2, 0) is 0 Å². The highest BCUT2D eigenvalue weighted by Crippen LogP contribution is 2.17. The molecule has 2 aliphatic heterocycles. The van der Waals surface area contributed by atoms with Gasteiger partial charge in [0.15, 0.2) is 0 Å². The summed E-state index contributed by atoms with van der Waals surface area (Å²) in [7, 11) is 0. The van der Waals surface area contributed by atoms with E-state index in [-0.39, 0.29) is 6.03 Å². The molecule has 0 radical (unpaired) electrons. The van der Waals surface area contributed by atoms with Crippen LogP contribution in [0.1, 0.15) is 46.0 Å². The lowest BCUT2D eigenvalue weighted by molar-refractivity contribution is 0.145. The van der Waals surface area contributed by atoms with Gasteiger partial charge in [-0.05, 0) is 64.7 Å². The number of amides is 2. The Labute approximate surface area is 135 Å². The normalized spacial score (nSPS) is 23.2. The monoisotopic (exact) mass is 310 g/mol. The van der Waals surface area contributed by atoms with Crippen molar-refractivity contribution in [3.63, 3.8) is 0 Å². The summed E-state index contributed by atoms with van der Waals surface area (Å²) in [6, 6.07) is 0.412. The predicted molar refractivity (Wildman–Crippen MR) is 91.1 cm³/mol. The van der Waals surface area contributed by atoms with Crippen molar-refractivity contribution in [1.82, 2.24) is 20.4 Å². The van der Waals surface area contributed by atoms with Gasteiger partial charge < -0.3 is 15.5 Å². The van der Waals surface area contributed by atoms with E-state index in [0.29, 0.717) is 6.04 Å². The minimum Gasteiger partial charge on any atom is -0.337 e. The van der Waals surface area contributed by atoms with Gasteiger partial charge >= 0.3 is 6.03 Å². The highest BCUT2D eigenvalue weighted by molar-refractivity contribution is 5.73. The topological polar surface area (TPSA) is 47.6 Å². The first-order valence-corrected chi connectivity index (χ1v) is 9.13. The van der Waals surface area contributed by atoms with E-state index in [4.69, 9.17) is 0 Å². The van der Waals surface area contributed by atoms with Crippen molar-refractivity contribution in [2.24, 2.45) is 5.92 Å². The van der Waals surface area contributed by atoms with E-state index in [1.807, 2.05) is 0 Å². The van der Waals surface area contributed by atoms with Crippen LogP contribution < -0.4 is 10.6 Å². The molecule has 5 heteroatoms. The minimum atomic E-state index is -0.0192. The number of rotatable bonds is 6. The number of carbonyl (C=O) groups is 1. The standard InChI is InChI=1S/C17H34N4O/c1-15-6-11-21(12-7-15)16(2)14-19-17(22)18-8-13-20-9-4-3-5-10-20/h15-16H,3-14H2,1-2H3,(H2,18,19,22). The molecule has 5 nitrogen and oxygen atoms in total. The molecule has 22 heavy (non-hydrogen) atoms. The Bertz CT molecular complexity index is 323. The molecule has 2 aliphatic rings. The molecular formula is C17H34N4O. The zero-order chi connectivity index (χ0) is 15.8. The van der Waals surface area contributed by atoms with Crippen LogP contribution in [0.5, 0.6) is 0 Å². The average Bonchev–Trinajstić information content (AvgIpc) is 2.54. The van der Waals surface area contributed by atoms with Crippen LogP contribution in [0.2, 0.25) is 0 Å². The second-order valence-corrected chi connectivity index (χ2v) is 7.11. The third-order valence-corrected chi connectivity index (χ3v) is 5.16. The van der Waals surface area contributed by atoms with Gasteiger partial charge in [0, 0.05) is 25.7 Å². The van der Waals surface area contributed by atoms with E-state index in [9.17, 15) is 4.79 Å². The van der Waals surface area contributed by atoms with Crippen molar-refractivity contribution in [3.05, 3.63) is 0 Å². The Hall–Kier alpha value is -0.810. The Morgan fingerprint density at radius 2 is 1.77 bits per heavy atom. The third-order valence-electron chi connectivity index (χ3n) is 5.16. The van der Waals surface area contributed by atoms with Gasteiger partial charge in [0.25, 0.3) is 0 Å². The number of nitrogens with one attached hydrogen (secondary N) is 2. The van der Waals surface area contributed by atoms with E-state index in [1.165, 1.54) is 58.3 Å². The Morgan fingerprint density at radius 3 is 2.45 bits per heavy atom. The smallest absolute Gasteiger partial charge is 0.314 e. The van der Waals surface area contributed by atoms with Gasteiger partial charge in [-0.1, -0.05) is 13.3 Å². The first-order chi connectivity index (χ1) is 10.6. The lowest BCUT2D eigenvalue weighted by atomic mass is 9.98. The number of likely N-dealkylation sites (tertiary alicyclic amines) is 2. The molecule has 0 aromatic heterocycles.